The van der Waals surface area contributed by atoms with Crippen LogP contribution >= 0.6 is 0 Å². The molecule has 1 rings (SSSR count). The number of benzene rings is 1. The number of hydrogen-bond donors (Lipinski definition) is 0. The summed E-state index contributed by atoms with van der Waals surface area (Å²) in [6, 6.07) is 7.89. The highest BCUT2D eigenvalue weighted by molar-refractivity contribution is 5.78. The second kappa shape index (κ2) is 5.69. The van der Waals surface area contributed by atoms with Crippen molar-refractivity contribution in [3.05, 3.63) is 29.8 Å². The van der Waals surface area contributed by atoms with E-state index in [9.17, 15) is 4.79 Å². The molecule has 2 nitrogen and oxygen atoms in total. The average Bonchev–Trinajstić information content (AvgIpc) is 2.25. The summed E-state index contributed by atoms with van der Waals surface area (Å²) in [6.45, 7) is 5.84. The van der Waals surface area contributed by atoms with E-state index in [2.05, 4.69) is 13.8 Å². The molecule has 88 valence electrons. The van der Waals surface area contributed by atoms with E-state index in [4.69, 9.17) is 4.74 Å². The van der Waals surface area contributed by atoms with E-state index in [0.29, 0.717) is 5.92 Å². The minimum atomic E-state index is 0.0799. The molecule has 0 saturated heterocycles. The molecule has 0 fully saturated rings. The van der Waals surface area contributed by atoms with Gasteiger partial charge < -0.3 is 4.74 Å². The topological polar surface area (TPSA) is 26.3 Å². The van der Waals surface area contributed by atoms with E-state index in [1.807, 2.05) is 24.3 Å². The molecule has 1 unspecified atom stereocenters. The van der Waals surface area contributed by atoms with Crippen LogP contribution in [0.25, 0.3) is 0 Å². The van der Waals surface area contributed by atoms with Gasteiger partial charge >= 0.3 is 0 Å². The van der Waals surface area contributed by atoms with Crippen LogP contribution in [-0.2, 0) is 11.2 Å². The summed E-state index contributed by atoms with van der Waals surface area (Å²) in [5.74, 6) is 1.56. The Labute approximate surface area is 97.6 Å². The monoisotopic (exact) mass is 220 g/mol. The van der Waals surface area contributed by atoms with Gasteiger partial charge in [0.15, 0.2) is 0 Å². The van der Waals surface area contributed by atoms with Gasteiger partial charge in [-0.25, -0.2) is 0 Å². The maximum atomic E-state index is 11.5. The lowest BCUT2D eigenvalue weighted by molar-refractivity contribution is -0.121. The second-order valence-electron chi connectivity index (χ2n) is 4.48. The molecule has 0 bridgehead atoms. The molecule has 1 aromatic rings. The number of Topliss-reactive ketones (excluding diaryl/α,β-unsaturated/α-hetero) is 1. The Hall–Kier alpha value is -1.31. The number of carbonyl (C=O) groups is 1. The molecule has 0 aromatic heterocycles. The summed E-state index contributed by atoms with van der Waals surface area (Å²) < 4.78 is 5.29. The van der Waals surface area contributed by atoms with Crippen molar-refractivity contribution in [3.8, 4) is 5.75 Å². The Balaban J connectivity index is 2.89. The maximum absolute atomic E-state index is 11.5. The van der Waals surface area contributed by atoms with Gasteiger partial charge in [-0.3, -0.25) is 4.79 Å². The first-order chi connectivity index (χ1) is 7.56. The fourth-order valence-electron chi connectivity index (χ4n) is 1.96. The molecule has 0 aliphatic rings. The van der Waals surface area contributed by atoms with Gasteiger partial charge in [-0.2, -0.15) is 0 Å². The van der Waals surface area contributed by atoms with E-state index >= 15 is 0 Å². The number of hydrogen-bond acceptors (Lipinski definition) is 2. The first-order valence-electron chi connectivity index (χ1n) is 5.68. The van der Waals surface area contributed by atoms with Crippen LogP contribution in [0.15, 0.2) is 24.3 Å². The maximum Gasteiger partial charge on any atom is 0.133 e. The average molecular weight is 220 g/mol. The van der Waals surface area contributed by atoms with Crippen LogP contribution in [0.3, 0.4) is 0 Å². The quantitative estimate of drug-likeness (QED) is 0.762. The van der Waals surface area contributed by atoms with Crippen molar-refractivity contribution in [3.63, 3.8) is 0 Å². The lowest BCUT2D eigenvalue weighted by Crippen LogP contribution is -2.20. The molecule has 0 N–H and O–H groups in total. The van der Waals surface area contributed by atoms with Crippen LogP contribution < -0.4 is 4.74 Å². The Morgan fingerprint density at radius 1 is 1.31 bits per heavy atom. The van der Waals surface area contributed by atoms with Crippen molar-refractivity contribution in [2.75, 3.05) is 7.11 Å². The van der Waals surface area contributed by atoms with Gasteiger partial charge in [0.2, 0.25) is 0 Å². The lowest BCUT2D eigenvalue weighted by atomic mass is 9.86. The molecule has 0 spiro atoms. The minimum absolute atomic E-state index is 0.0799. The Morgan fingerprint density at radius 3 is 2.44 bits per heavy atom. The summed E-state index contributed by atoms with van der Waals surface area (Å²) in [5.41, 5.74) is 1.11. The normalized spacial score (nSPS) is 12.6. The summed E-state index contributed by atoms with van der Waals surface area (Å²) in [4.78, 5) is 11.5. The van der Waals surface area contributed by atoms with Gasteiger partial charge in [0, 0.05) is 5.92 Å². The zero-order valence-corrected chi connectivity index (χ0v) is 10.5. The first-order valence-corrected chi connectivity index (χ1v) is 5.68. The lowest BCUT2D eigenvalue weighted by Gasteiger charge is -2.19. The van der Waals surface area contributed by atoms with E-state index < -0.39 is 0 Å². The Morgan fingerprint density at radius 2 is 1.94 bits per heavy atom. The number of carbonyl (C=O) groups excluding carboxylic acids is 1. The molecule has 0 radical (unpaired) electrons. The molecule has 0 heterocycles. The summed E-state index contributed by atoms with van der Waals surface area (Å²) >= 11 is 0. The van der Waals surface area contributed by atoms with Crippen LogP contribution in [0.1, 0.15) is 26.3 Å². The number of para-hydroxylation sites is 1. The largest absolute Gasteiger partial charge is 0.496 e. The summed E-state index contributed by atoms with van der Waals surface area (Å²) in [7, 11) is 1.66. The van der Waals surface area contributed by atoms with E-state index in [1.54, 1.807) is 14.0 Å². The van der Waals surface area contributed by atoms with Gasteiger partial charge in [0.1, 0.15) is 11.5 Å². The van der Waals surface area contributed by atoms with Crippen molar-refractivity contribution in [1.82, 2.24) is 0 Å². The SMILES string of the molecule is COc1ccccc1CC(C(C)=O)C(C)C. The number of ether oxygens (including phenoxy) is 1. The Bertz CT molecular complexity index is 356. The van der Waals surface area contributed by atoms with Crippen LogP contribution in [0.2, 0.25) is 0 Å². The molecular formula is C14H20O2. The third kappa shape index (κ3) is 3.09. The first kappa shape index (κ1) is 12.8. The zero-order chi connectivity index (χ0) is 12.1. The highest BCUT2D eigenvalue weighted by Crippen LogP contribution is 2.24. The minimum Gasteiger partial charge on any atom is -0.496 e. The predicted octanol–water partition coefficient (Wildman–Crippen LogP) is 3.10. The Kier molecular flexibility index (Phi) is 4.53. The second-order valence-corrected chi connectivity index (χ2v) is 4.48. The molecular weight excluding hydrogens is 200 g/mol. The molecule has 1 aromatic carbocycles. The van der Waals surface area contributed by atoms with Gasteiger partial charge in [-0.05, 0) is 30.9 Å². The molecule has 1 atom stereocenters. The standard InChI is InChI=1S/C14H20O2/c1-10(2)13(11(3)15)9-12-7-5-6-8-14(12)16-4/h5-8,10,13H,9H2,1-4H3. The fourth-order valence-corrected chi connectivity index (χ4v) is 1.96. The number of rotatable bonds is 5. The fraction of sp³-hybridized carbons (Fsp3) is 0.500. The molecule has 0 aliphatic heterocycles. The van der Waals surface area contributed by atoms with Crippen LogP contribution in [0.5, 0.6) is 5.75 Å². The molecule has 0 aliphatic carbocycles. The molecule has 16 heavy (non-hydrogen) atoms. The van der Waals surface area contributed by atoms with Crippen LogP contribution in [0, 0.1) is 11.8 Å². The van der Waals surface area contributed by atoms with E-state index in [1.165, 1.54) is 0 Å². The summed E-state index contributed by atoms with van der Waals surface area (Å²) in [6.07, 6.45) is 0.761. The molecule has 0 amide bonds. The van der Waals surface area contributed by atoms with Crippen LogP contribution in [0.4, 0.5) is 0 Å². The van der Waals surface area contributed by atoms with Crippen molar-refractivity contribution in [1.29, 1.82) is 0 Å². The van der Waals surface area contributed by atoms with Crippen molar-refractivity contribution >= 4 is 5.78 Å². The molecule has 2 heteroatoms. The predicted molar refractivity (Wildman–Crippen MR) is 65.7 cm³/mol. The highest BCUT2D eigenvalue weighted by Gasteiger charge is 2.20. The van der Waals surface area contributed by atoms with Gasteiger partial charge in [-0.1, -0.05) is 32.0 Å². The zero-order valence-electron chi connectivity index (χ0n) is 10.5. The number of methoxy groups -OCH3 is 1. The van der Waals surface area contributed by atoms with Gasteiger partial charge in [-0.15, -0.1) is 0 Å². The number of ketones is 1. The van der Waals surface area contributed by atoms with Crippen LogP contribution in [-0.4, -0.2) is 12.9 Å². The van der Waals surface area contributed by atoms with E-state index in [-0.39, 0.29) is 11.7 Å². The van der Waals surface area contributed by atoms with Crippen molar-refractivity contribution in [2.45, 2.75) is 27.2 Å². The van der Waals surface area contributed by atoms with Crippen molar-refractivity contribution in [2.24, 2.45) is 11.8 Å². The van der Waals surface area contributed by atoms with Gasteiger partial charge in [0.25, 0.3) is 0 Å². The highest BCUT2D eigenvalue weighted by atomic mass is 16.5. The molecule has 0 saturated carbocycles. The third-order valence-corrected chi connectivity index (χ3v) is 2.96. The third-order valence-electron chi connectivity index (χ3n) is 2.96. The van der Waals surface area contributed by atoms with E-state index in [0.717, 1.165) is 17.7 Å². The smallest absolute Gasteiger partial charge is 0.133 e. The summed E-state index contributed by atoms with van der Waals surface area (Å²) in [5, 5.41) is 0. The van der Waals surface area contributed by atoms with Gasteiger partial charge in [0.05, 0.1) is 7.11 Å². The van der Waals surface area contributed by atoms with Crippen molar-refractivity contribution < 1.29 is 9.53 Å².